The van der Waals surface area contributed by atoms with E-state index in [1.165, 1.54) is 7.11 Å². The van der Waals surface area contributed by atoms with Gasteiger partial charge in [0.15, 0.2) is 11.5 Å². The molecule has 10 heteroatoms. The van der Waals surface area contributed by atoms with Crippen LogP contribution in [-0.2, 0) is 22.6 Å². The summed E-state index contributed by atoms with van der Waals surface area (Å²) in [4.78, 5) is 28.1. The number of nitrogens with one attached hydrogen (secondary N) is 1. The van der Waals surface area contributed by atoms with Gasteiger partial charge in [-0.05, 0) is 47.9 Å². The molecule has 2 aliphatic rings. The molecule has 0 saturated heterocycles. The molecule has 39 heavy (non-hydrogen) atoms. The highest BCUT2D eigenvalue weighted by atomic mass is 16.5. The number of carbonyl (C=O) groups is 2. The fourth-order valence-corrected chi connectivity index (χ4v) is 5.34. The molecule has 0 spiro atoms. The lowest BCUT2D eigenvalue weighted by molar-refractivity contribution is -0.136. The zero-order valence-corrected chi connectivity index (χ0v) is 22.4. The molecule has 0 saturated carbocycles. The van der Waals surface area contributed by atoms with Crippen LogP contribution in [0.2, 0.25) is 0 Å². The number of fused-ring (bicyclic) bond motifs is 3. The van der Waals surface area contributed by atoms with E-state index < -0.39 is 30.1 Å². The summed E-state index contributed by atoms with van der Waals surface area (Å²) in [6.45, 7) is 1.61. The first-order valence-corrected chi connectivity index (χ1v) is 13.1. The number of nitrogens with zero attached hydrogens (tertiary/aromatic N) is 1. The van der Waals surface area contributed by atoms with Crippen molar-refractivity contribution in [1.82, 2.24) is 10.2 Å². The Morgan fingerprint density at radius 3 is 2.56 bits per heavy atom. The zero-order valence-electron chi connectivity index (χ0n) is 22.4. The first-order chi connectivity index (χ1) is 18.9. The first kappa shape index (κ1) is 28.4. The molecule has 4 atom stereocenters. The maximum atomic E-state index is 13.4. The Kier molecular flexibility index (Phi) is 9.11. The van der Waals surface area contributed by atoms with Crippen LogP contribution in [0, 0.1) is 0 Å². The Bertz CT molecular complexity index is 1230. The van der Waals surface area contributed by atoms with Gasteiger partial charge < -0.3 is 39.7 Å². The molecule has 0 bridgehead atoms. The molecule has 0 aromatic heterocycles. The van der Waals surface area contributed by atoms with Crippen molar-refractivity contribution in [3.63, 3.8) is 0 Å². The summed E-state index contributed by atoms with van der Waals surface area (Å²) in [5.41, 5.74) is 2.45. The van der Waals surface area contributed by atoms with Gasteiger partial charge in [-0.25, -0.2) is 0 Å². The van der Waals surface area contributed by atoms with Gasteiger partial charge in [0, 0.05) is 30.6 Å². The van der Waals surface area contributed by atoms with E-state index >= 15 is 0 Å². The molecule has 4 N–H and O–H groups in total. The number of aliphatic hydroxyl groups excluding tert-OH is 3. The monoisotopic (exact) mass is 540 g/mol. The Hall–Kier alpha value is -3.60. The fourth-order valence-electron chi connectivity index (χ4n) is 5.34. The van der Waals surface area contributed by atoms with Crippen LogP contribution in [0.25, 0.3) is 0 Å². The maximum absolute atomic E-state index is 13.4. The minimum absolute atomic E-state index is 0.0436. The third-order valence-electron chi connectivity index (χ3n) is 7.25. The Morgan fingerprint density at radius 1 is 1.10 bits per heavy atom. The summed E-state index contributed by atoms with van der Waals surface area (Å²) in [7, 11) is 3.07. The first-order valence-electron chi connectivity index (χ1n) is 13.1. The molecule has 2 aromatic carbocycles. The van der Waals surface area contributed by atoms with E-state index in [1.54, 1.807) is 37.1 Å². The minimum atomic E-state index is -1.15. The maximum Gasteiger partial charge on any atom is 0.247 e. The van der Waals surface area contributed by atoms with Crippen LogP contribution >= 0.6 is 0 Å². The van der Waals surface area contributed by atoms with Crippen LogP contribution in [0.3, 0.4) is 0 Å². The SMILES string of the molecule is CCC(=O)N(CCc1cccc(OC)c1)[C@@H]1C=C(C(=O)NCCO)[C@@H]2c3cc(CO)cc(OC)c3O[C@@H]2[C@H]1O. The van der Waals surface area contributed by atoms with Gasteiger partial charge in [0.1, 0.15) is 18.0 Å². The topological polar surface area (TPSA) is 138 Å². The van der Waals surface area contributed by atoms with Crippen LogP contribution in [-0.4, -0.2) is 84.2 Å². The fraction of sp³-hybridized carbons (Fsp3) is 0.448. The van der Waals surface area contributed by atoms with Crippen molar-refractivity contribution < 1.29 is 39.1 Å². The lowest BCUT2D eigenvalue weighted by Gasteiger charge is -2.40. The van der Waals surface area contributed by atoms with Crippen LogP contribution in [0.4, 0.5) is 0 Å². The lowest BCUT2D eigenvalue weighted by atomic mass is 9.77. The van der Waals surface area contributed by atoms with Gasteiger partial charge >= 0.3 is 0 Å². The molecule has 10 nitrogen and oxygen atoms in total. The lowest BCUT2D eigenvalue weighted by Crippen LogP contribution is -2.56. The molecule has 4 rings (SSSR count). The summed E-state index contributed by atoms with van der Waals surface area (Å²) in [5, 5.41) is 33.4. The van der Waals surface area contributed by atoms with Crippen molar-refractivity contribution in [2.45, 2.75) is 50.5 Å². The van der Waals surface area contributed by atoms with Crippen molar-refractivity contribution >= 4 is 11.8 Å². The van der Waals surface area contributed by atoms with Gasteiger partial charge in [-0.15, -0.1) is 0 Å². The van der Waals surface area contributed by atoms with Crippen LogP contribution in [0.15, 0.2) is 48.0 Å². The predicted molar refractivity (Wildman–Crippen MR) is 143 cm³/mol. The third kappa shape index (κ3) is 5.73. The highest BCUT2D eigenvalue weighted by Gasteiger charge is 2.51. The van der Waals surface area contributed by atoms with Gasteiger partial charge in [-0.3, -0.25) is 9.59 Å². The van der Waals surface area contributed by atoms with E-state index in [9.17, 15) is 24.9 Å². The number of hydrogen-bond acceptors (Lipinski definition) is 8. The smallest absolute Gasteiger partial charge is 0.247 e. The van der Waals surface area contributed by atoms with Crippen molar-refractivity contribution in [1.29, 1.82) is 0 Å². The van der Waals surface area contributed by atoms with E-state index in [0.29, 0.717) is 46.9 Å². The molecule has 0 fully saturated rings. The summed E-state index contributed by atoms with van der Waals surface area (Å²) >= 11 is 0. The predicted octanol–water partition coefficient (Wildman–Crippen LogP) is 1.30. The number of hydrogen-bond donors (Lipinski definition) is 4. The van der Waals surface area contributed by atoms with Gasteiger partial charge in [0.25, 0.3) is 0 Å². The zero-order chi connectivity index (χ0) is 28.1. The highest BCUT2D eigenvalue weighted by molar-refractivity contribution is 5.96. The molecular formula is C29H36N2O8. The standard InChI is InChI=1S/C29H36N2O8/c1-4-24(34)31(10-8-17-6-5-7-19(12-17)37-2)22-15-21(29(36)30-9-11-32)25-20-13-18(16-33)14-23(38-3)27(20)39-28(25)26(22)35/h5-7,12-15,22,25-26,28,32-33,35H,4,8-11,16H2,1-3H3,(H,30,36)/t22-,25+,26+,28+/m1/s1. The Morgan fingerprint density at radius 2 is 1.90 bits per heavy atom. The van der Waals surface area contributed by atoms with Gasteiger partial charge in [-0.1, -0.05) is 19.1 Å². The van der Waals surface area contributed by atoms with Gasteiger partial charge in [0.2, 0.25) is 11.8 Å². The Balaban J connectivity index is 1.74. The van der Waals surface area contributed by atoms with E-state index in [4.69, 9.17) is 14.2 Å². The molecule has 1 aliphatic carbocycles. The van der Waals surface area contributed by atoms with Crippen molar-refractivity contribution in [2.24, 2.45) is 0 Å². The number of carbonyl (C=O) groups excluding carboxylic acids is 2. The van der Waals surface area contributed by atoms with Gasteiger partial charge in [-0.2, -0.15) is 0 Å². The number of methoxy groups -OCH3 is 2. The molecule has 2 aromatic rings. The summed E-state index contributed by atoms with van der Waals surface area (Å²) in [6.07, 6.45) is 0.323. The van der Waals surface area contributed by atoms with E-state index in [0.717, 1.165) is 5.56 Å². The second-order valence-corrected chi connectivity index (χ2v) is 9.56. The van der Waals surface area contributed by atoms with Crippen LogP contribution in [0.5, 0.6) is 17.2 Å². The Labute approximate surface area is 227 Å². The average Bonchev–Trinajstić information content (AvgIpc) is 3.36. The van der Waals surface area contributed by atoms with Crippen molar-refractivity contribution in [3.05, 3.63) is 64.7 Å². The number of rotatable bonds is 11. The van der Waals surface area contributed by atoms with Crippen LogP contribution < -0.4 is 19.5 Å². The largest absolute Gasteiger partial charge is 0.497 e. The molecule has 0 radical (unpaired) electrons. The number of benzene rings is 2. The third-order valence-corrected chi connectivity index (χ3v) is 7.25. The number of ether oxygens (including phenoxy) is 3. The molecule has 0 unspecified atom stereocenters. The molecule has 210 valence electrons. The van der Waals surface area contributed by atoms with E-state index in [1.807, 2.05) is 24.3 Å². The average molecular weight is 541 g/mol. The van der Waals surface area contributed by atoms with Crippen LogP contribution in [0.1, 0.15) is 36.0 Å². The second-order valence-electron chi connectivity index (χ2n) is 9.56. The molecule has 1 heterocycles. The summed E-state index contributed by atoms with van der Waals surface area (Å²) in [5.74, 6) is 0.194. The molecule has 2 amide bonds. The summed E-state index contributed by atoms with van der Waals surface area (Å²) < 4.78 is 17.0. The quantitative estimate of drug-likeness (QED) is 0.335. The normalized spacial score (nSPS) is 21.2. The summed E-state index contributed by atoms with van der Waals surface area (Å²) in [6, 6.07) is 10.1. The van der Waals surface area contributed by atoms with E-state index in [-0.39, 0.29) is 32.1 Å². The molecule has 1 aliphatic heterocycles. The van der Waals surface area contributed by atoms with Crippen molar-refractivity contribution in [2.75, 3.05) is 33.9 Å². The highest BCUT2D eigenvalue weighted by Crippen LogP contribution is 2.51. The molecular weight excluding hydrogens is 504 g/mol. The number of amides is 2. The van der Waals surface area contributed by atoms with E-state index in [2.05, 4.69) is 5.32 Å². The van der Waals surface area contributed by atoms with Crippen molar-refractivity contribution in [3.8, 4) is 17.2 Å². The minimum Gasteiger partial charge on any atom is -0.497 e. The number of aliphatic hydroxyl groups is 3. The van der Waals surface area contributed by atoms with Gasteiger partial charge in [0.05, 0.1) is 39.4 Å². The second kappa shape index (κ2) is 12.5.